The summed E-state index contributed by atoms with van der Waals surface area (Å²) < 4.78 is 38.8. The molecular formula is C13H20F3N5. The summed E-state index contributed by atoms with van der Waals surface area (Å²) in [7, 11) is 1.99. The van der Waals surface area contributed by atoms with E-state index in [1.165, 1.54) is 0 Å². The summed E-state index contributed by atoms with van der Waals surface area (Å²) in [5.74, 6) is -0.519. The molecule has 0 atom stereocenters. The number of halogens is 3. The van der Waals surface area contributed by atoms with Gasteiger partial charge in [-0.05, 0) is 13.5 Å². The Bertz CT molecular complexity index is 469. The van der Waals surface area contributed by atoms with Gasteiger partial charge in [0.2, 0.25) is 5.82 Å². The van der Waals surface area contributed by atoms with Crippen LogP contribution in [0.25, 0.3) is 0 Å². The maximum Gasteiger partial charge on any atom is 0.451 e. The monoisotopic (exact) mass is 303 g/mol. The second-order valence-electron chi connectivity index (χ2n) is 5.15. The highest BCUT2D eigenvalue weighted by atomic mass is 19.4. The third-order valence-electron chi connectivity index (χ3n) is 3.35. The number of piperazine rings is 1. The molecule has 0 bridgehead atoms. The molecule has 2 heterocycles. The SMILES string of the molecule is CCCNc1cc(N2CCN(C)CC2)nc(C(F)(F)F)n1. The predicted molar refractivity (Wildman–Crippen MR) is 75.5 cm³/mol. The van der Waals surface area contributed by atoms with Gasteiger partial charge in [-0.3, -0.25) is 0 Å². The van der Waals surface area contributed by atoms with Crippen molar-refractivity contribution in [3.8, 4) is 0 Å². The van der Waals surface area contributed by atoms with Gasteiger partial charge in [0, 0.05) is 38.8 Å². The molecule has 1 aliphatic heterocycles. The second-order valence-corrected chi connectivity index (χ2v) is 5.15. The lowest BCUT2D eigenvalue weighted by Gasteiger charge is -2.33. The molecule has 21 heavy (non-hydrogen) atoms. The highest BCUT2D eigenvalue weighted by molar-refractivity contribution is 5.50. The van der Waals surface area contributed by atoms with Crippen LogP contribution < -0.4 is 10.2 Å². The second kappa shape index (κ2) is 6.46. The summed E-state index contributed by atoms with van der Waals surface area (Å²) in [5, 5.41) is 2.91. The van der Waals surface area contributed by atoms with Crippen molar-refractivity contribution in [1.29, 1.82) is 0 Å². The van der Waals surface area contributed by atoms with E-state index in [1.54, 1.807) is 6.07 Å². The average molecular weight is 303 g/mol. The Hall–Kier alpha value is -1.57. The van der Waals surface area contributed by atoms with Crippen molar-refractivity contribution in [2.24, 2.45) is 0 Å². The van der Waals surface area contributed by atoms with Crippen LogP contribution >= 0.6 is 0 Å². The van der Waals surface area contributed by atoms with Crippen LogP contribution in [-0.4, -0.2) is 54.6 Å². The lowest BCUT2D eigenvalue weighted by molar-refractivity contribution is -0.144. The Morgan fingerprint density at radius 2 is 1.86 bits per heavy atom. The van der Waals surface area contributed by atoms with Gasteiger partial charge in [0.1, 0.15) is 11.6 Å². The quantitative estimate of drug-likeness (QED) is 0.922. The fourth-order valence-electron chi connectivity index (χ4n) is 2.10. The molecule has 1 fully saturated rings. The minimum atomic E-state index is -4.54. The van der Waals surface area contributed by atoms with Crippen LogP contribution in [0.1, 0.15) is 19.2 Å². The van der Waals surface area contributed by atoms with Gasteiger partial charge in [-0.2, -0.15) is 13.2 Å². The van der Waals surface area contributed by atoms with E-state index in [1.807, 2.05) is 18.9 Å². The molecule has 8 heteroatoms. The molecule has 0 amide bonds. The molecule has 0 spiro atoms. The number of nitrogens with zero attached hydrogens (tertiary/aromatic N) is 4. The maximum atomic E-state index is 12.9. The normalized spacial score (nSPS) is 17.1. The molecule has 5 nitrogen and oxygen atoms in total. The van der Waals surface area contributed by atoms with E-state index in [4.69, 9.17) is 0 Å². The highest BCUT2D eigenvalue weighted by Gasteiger charge is 2.36. The Kier molecular flexibility index (Phi) is 4.87. The van der Waals surface area contributed by atoms with Crippen LogP contribution in [-0.2, 0) is 6.18 Å². The zero-order valence-corrected chi connectivity index (χ0v) is 12.2. The summed E-state index contributed by atoms with van der Waals surface area (Å²) >= 11 is 0. The first-order valence-electron chi connectivity index (χ1n) is 7.04. The van der Waals surface area contributed by atoms with Crippen LogP contribution in [0.5, 0.6) is 0 Å². The zero-order chi connectivity index (χ0) is 15.5. The molecule has 1 aliphatic rings. The van der Waals surface area contributed by atoms with Crippen molar-refractivity contribution in [3.05, 3.63) is 11.9 Å². The van der Waals surface area contributed by atoms with Gasteiger partial charge < -0.3 is 15.1 Å². The molecule has 1 aromatic rings. The van der Waals surface area contributed by atoms with Crippen LogP contribution in [0.2, 0.25) is 0 Å². The van der Waals surface area contributed by atoms with Gasteiger partial charge in [-0.1, -0.05) is 6.92 Å². The largest absolute Gasteiger partial charge is 0.451 e. The van der Waals surface area contributed by atoms with Gasteiger partial charge in [0.25, 0.3) is 0 Å². The van der Waals surface area contributed by atoms with Gasteiger partial charge in [0.05, 0.1) is 0 Å². The number of hydrogen-bond donors (Lipinski definition) is 1. The predicted octanol–water partition coefficient (Wildman–Crippen LogP) is 2.07. The summed E-state index contributed by atoms with van der Waals surface area (Å²) in [6, 6.07) is 1.59. The molecule has 1 N–H and O–H groups in total. The third-order valence-corrected chi connectivity index (χ3v) is 3.35. The molecule has 1 saturated heterocycles. The first kappa shape index (κ1) is 15.8. The lowest BCUT2D eigenvalue weighted by atomic mass is 10.3. The Morgan fingerprint density at radius 3 is 2.43 bits per heavy atom. The van der Waals surface area contributed by atoms with Crippen molar-refractivity contribution in [2.75, 3.05) is 50.0 Å². The molecule has 118 valence electrons. The average Bonchev–Trinajstić information content (AvgIpc) is 2.44. The fourth-order valence-corrected chi connectivity index (χ4v) is 2.10. The zero-order valence-electron chi connectivity index (χ0n) is 12.2. The fraction of sp³-hybridized carbons (Fsp3) is 0.692. The molecular weight excluding hydrogens is 283 g/mol. The summed E-state index contributed by atoms with van der Waals surface area (Å²) in [5.41, 5.74) is 0. The van der Waals surface area contributed by atoms with E-state index >= 15 is 0 Å². The first-order chi connectivity index (χ1) is 9.90. The number of alkyl halides is 3. The summed E-state index contributed by atoms with van der Waals surface area (Å²) in [6.07, 6.45) is -3.72. The highest BCUT2D eigenvalue weighted by Crippen LogP contribution is 2.29. The summed E-state index contributed by atoms with van der Waals surface area (Å²) in [6.45, 7) is 5.47. The van der Waals surface area contributed by atoms with Gasteiger partial charge in [-0.25, -0.2) is 9.97 Å². The molecule has 0 radical (unpaired) electrons. The molecule has 1 aromatic heterocycles. The molecule has 0 saturated carbocycles. The van der Waals surface area contributed by atoms with Gasteiger partial charge >= 0.3 is 6.18 Å². The molecule has 0 aliphatic carbocycles. The number of hydrogen-bond acceptors (Lipinski definition) is 5. The van der Waals surface area contributed by atoms with Crippen LogP contribution in [0.15, 0.2) is 6.07 Å². The Morgan fingerprint density at radius 1 is 1.19 bits per heavy atom. The van der Waals surface area contributed by atoms with Crippen LogP contribution in [0, 0.1) is 0 Å². The minimum absolute atomic E-state index is 0.230. The number of likely N-dealkylation sites (N-methyl/N-ethyl adjacent to an activating group) is 1. The number of aromatic nitrogens is 2. The van der Waals surface area contributed by atoms with E-state index in [2.05, 4.69) is 20.2 Å². The minimum Gasteiger partial charge on any atom is -0.370 e. The number of rotatable bonds is 4. The first-order valence-corrected chi connectivity index (χ1v) is 7.04. The van der Waals surface area contributed by atoms with Crippen molar-refractivity contribution in [2.45, 2.75) is 19.5 Å². The molecule has 0 aromatic carbocycles. The maximum absolute atomic E-state index is 12.9. The van der Waals surface area contributed by atoms with Crippen LogP contribution in [0.3, 0.4) is 0 Å². The Balaban J connectivity index is 2.26. The van der Waals surface area contributed by atoms with Gasteiger partial charge in [-0.15, -0.1) is 0 Å². The van der Waals surface area contributed by atoms with Crippen LogP contribution in [0.4, 0.5) is 24.8 Å². The van der Waals surface area contributed by atoms with Gasteiger partial charge in [0.15, 0.2) is 0 Å². The van der Waals surface area contributed by atoms with E-state index in [-0.39, 0.29) is 5.82 Å². The lowest BCUT2D eigenvalue weighted by Crippen LogP contribution is -2.45. The smallest absolute Gasteiger partial charge is 0.370 e. The van der Waals surface area contributed by atoms with E-state index < -0.39 is 12.0 Å². The Labute approximate surface area is 122 Å². The van der Waals surface area contributed by atoms with Crippen molar-refractivity contribution >= 4 is 11.6 Å². The van der Waals surface area contributed by atoms with Crippen molar-refractivity contribution < 1.29 is 13.2 Å². The number of anilines is 2. The van der Waals surface area contributed by atoms with E-state index in [0.29, 0.717) is 25.5 Å². The van der Waals surface area contributed by atoms with E-state index in [0.717, 1.165) is 19.5 Å². The third kappa shape index (κ3) is 4.20. The van der Waals surface area contributed by atoms with Crippen molar-refractivity contribution in [3.63, 3.8) is 0 Å². The van der Waals surface area contributed by atoms with Crippen molar-refractivity contribution in [1.82, 2.24) is 14.9 Å². The molecule has 0 unspecified atom stereocenters. The van der Waals surface area contributed by atoms with E-state index in [9.17, 15) is 13.2 Å². The number of nitrogens with one attached hydrogen (secondary N) is 1. The topological polar surface area (TPSA) is 44.3 Å². The molecule has 2 rings (SSSR count). The standard InChI is InChI=1S/C13H20F3N5/c1-3-4-17-10-9-11(19-12(18-10)13(14,15)16)21-7-5-20(2)6-8-21/h9H,3-8H2,1-2H3,(H,17,18,19). The summed E-state index contributed by atoms with van der Waals surface area (Å²) in [4.78, 5) is 11.3.